The maximum atomic E-state index is 13.3. The van der Waals surface area contributed by atoms with E-state index in [1.54, 1.807) is 13.0 Å². The Hall–Kier alpha value is -2.50. The summed E-state index contributed by atoms with van der Waals surface area (Å²) in [6, 6.07) is 8.67. The van der Waals surface area contributed by atoms with E-state index in [1.165, 1.54) is 34.6 Å². The van der Waals surface area contributed by atoms with Gasteiger partial charge in [-0.3, -0.25) is 4.72 Å². The number of nitrogens with zero attached hydrogens (tertiary/aromatic N) is 1. The molecule has 0 bridgehead atoms. The Bertz CT molecular complexity index is 1210. The van der Waals surface area contributed by atoms with Gasteiger partial charge >= 0.3 is 0 Å². The number of hydrogen-bond acceptors (Lipinski definition) is 7. The highest BCUT2D eigenvalue weighted by molar-refractivity contribution is 7.92. The summed E-state index contributed by atoms with van der Waals surface area (Å²) in [4.78, 5) is -0.0637. The van der Waals surface area contributed by atoms with Crippen LogP contribution in [0.25, 0.3) is 0 Å². The number of benzene rings is 2. The summed E-state index contributed by atoms with van der Waals surface area (Å²) < 4.78 is 73.3. The third-order valence-corrected chi connectivity index (χ3v) is 8.76. The predicted molar refractivity (Wildman–Crippen MR) is 123 cm³/mol. The number of anilines is 1. The fourth-order valence-corrected chi connectivity index (χ4v) is 6.56. The van der Waals surface area contributed by atoms with E-state index < -0.39 is 20.0 Å². The Labute approximate surface area is 194 Å². The van der Waals surface area contributed by atoms with Gasteiger partial charge in [0.25, 0.3) is 10.0 Å². The molecular formula is C22H28N2O7S2. The van der Waals surface area contributed by atoms with Gasteiger partial charge in [-0.15, -0.1) is 0 Å². The van der Waals surface area contributed by atoms with Crippen LogP contribution in [0.15, 0.2) is 46.2 Å². The average molecular weight is 497 g/mol. The monoisotopic (exact) mass is 496 g/mol. The second kappa shape index (κ2) is 9.78. The summed E-state index contributed by atoms with van der Waals surface area (Å²) in [6.45, 7) is 3.84. The number of hydrogen-bond donors (Lipinski definition) is 1. The summed E-state index contributed by atoms with van der Waals surface area (Å²) >= 11 is 0. The SMILES string of the molecule is CCOc1ccc(NS(=O)(=O)c2ccc3c(c2)OCCCO3)cc1S(=O)(=O)N1CCCCC1. The van der Waals surface area contributed by atoms with Crippen molar-refractivity contribution < 1.29 is 31.0 Å². The van der Waals surface area contributed by atoms with E-state index in [0.29, 0.717) is 44.2 Å². The summed E-state index contributed by atoms with van der Waals surface area (Å²) in [7, 11) is -7.84. The molecule has 2 aromatic carbocycles. The van der Waals surface area contributed by atoms with E-state index in [0.717, 1.165) is 19.3 Å². The number of fused-ring (bicyclic) bond motifs is 1. The Morgan fingerprint density at radius 1 is 0.909 bits per heavy atom. The molecule has 2 aliphatic rings. The minimum absolute atomic E-state index is 0.0129. The molecule has 0 radical (unpaired) electrons. The lowest BCUT2D eigenvalue weighted by atomic mass is 10.2. The molecule has 1 fully saturated rings. The van der Waals surface area contributed by atoms with Crippen LogP contribution in [0.2, 0.25) is 0 Å². The van der Waals surface area contributed by atoms with Gasteiger partial charge in [-0.05, 0) is 50.1 Å². The van der Waals surface area contributed by atoms with Gasteiger partial charge in [-0.25, -0.2) is 16.8 Å². The zero-order valence-corrected chi connectivity index (χ0v) is 20.1. The Morgan fingerprint density at radius 2 is 1.64 bits per heavy atom. The second-order valence-electron chi connectivity index (χ2n) is 7.82. The van der Waals surface area contributed by atoms with Crippen molar-refractivity contribution in [2.45, 2.75) is 42.4 Å². The lowest BCUT2D eigenvalue weighted by Gasteiger charge is -2.27. The zero-order valence-electron chi connectivity index (χ0n) is 18.4. The van der Waals surface area contributed by atoms with Gasteiger partial charge in [0, 0.05) is 25.6 Å². The van der Waals surface area contributed by atoms with E-state index in [4.69, 9.17) is 14.2 Å². The van der Waals surface area contributed by atoms with E-state index in [1.807, 2.05) is 0 Å². The molecule has 33 heavy (non-hydrogen) atoms. The first kappa shape index (κ1) is 23.7. The molecule has 2 aliphatic heterocycles. The van der Waals surface area contributed by atoms with E-state index in [-0.39, 0.29) is 27.8 Å². The highest BCUT2D eigenvalue weighted by atomic mass is 32.2. The van der Waals surface area contributed by atoms with Crippen LogP contribution in [0.4, 0.5) is 5.69 Å². The number of piperidine rings is 1. The topological polar surface area (TPSA) is 111 Å². The van der Waals surface area contributed by atoms with Crippen LogP contribution < -0.4 is 18.9 Å². The molecule has 0 aliphatic carbocycles. The lowest BCUT2D eigenvalue weighted by molar-refractivity contribution is 0.297. The molecule has 9 nitrogen and oxygen atoms in total. The molecule has 0 spiro atoms. The summed E-state index contributed by atoms with van der Waals surface area (Å²) in [5.74, 6) is 1.04. The molecule has 11 heteroatoms. The van der Waals surface area contributed by atoms with Gasteiger partial charge in [0.15, 0.2) is 11.5 Å². The van der Waals surface area contributed by atoms with Crippen LogP contribution in [-0.2, 0) is 20.0 Å². The van der Waals surface area contributed by atoms with Crippen LogP contribution >= 0.6 is 0 Å². The normalized spacial score (nSPS) is 17.2. The third kappa shape index (κ3) is 5.20. The highest BCUT2D eigenvalue weighted by Crippen LogP contribution is 2.34. The molecule has 2 aromatic rings. The summed E-state index contributed by atoms with van der Waals surface area (Å²) in [5.41, 5.74) is 0.126. The van der Waals surface area contributed by atoms with Gasteiger partial charge < -0.3 is 14.2 Å². The van der Waals surface area contributed by atoms with Crippen molar-refractivity contribution in [3.8, 4) is 17.2 Å². The molecule has 2 heterocycles. The average Bonchev–Trinajstić information content (AvgIpc) is 3.05. The molecule has 4 rings (SSSR count). The Morgan fingerprint density at radius 3 is 2.36 bits per heavy atom. The number of sulfonamides is 2. The lowest BCUT2D eigenvalue weighted by Crippen LogP contribution is -2.35. The second-order valence-corrected chi connectivity index (χ2v) is 11.4. The zero-order chi connectivity index (χ0) is 23.5. The highest BCUT2D eigenvalue weighted by Gasteiger charge is 2.30. The van der Waals surface area contributed by atoms with Crippen LogP contribution in [0.5, 0.6) is 17.2 Å². The largest absolute Gasteiger partial charge is 0.492 e. The molecule has 0 atom stereocenters. The van der Waals surface area contributed by atoms with Crippen LogP contribution in [0, 0.1) is 0 Å². The van der Waals surface area contributed by atoms with Crippen molar-refractivity contribution in [2.24, 2.45) is 0 Å². The molecule has 0 aromatic heterocycles. The van der Waals surface area contributed by atoms with Crippen molar-refractivity contribution >= 4 is 25.7 Å². The standard InChI is InChI=1S/C22H28N2O7S2/c1-2-29-20-9-7-17(15-22(20)33(27,28)24-11-4-3-5-12-24)23-32(25,26)18-8-10-19-21(16-18)31-14-6-13-30-19/h7-10,15-16,23H,2-6,11-14H2,1H3. The molecule has 0 saturated carbocycles. The molecule has 1 saturated heterocycles. The molecular weight excluding hydrogens is 468 g/mol. The summed E-state index contributed by atoms with van der Waals surface area (Å²) in [6.07, 6.45) is 3.27. The van der Waals surface area contributed by atoms with Crippen molar-refractivity contribution in [1.82, 2.24) is 4.31 Å². The van der Waals surface area contributed by atoms with Gasteiger partial charge in [0.05, 0.1) is 30.4 Å². The molecule has 0 amide bonds. The van der Waals surface area contributed by atoms with Crippen molar-refractivity contribution in [1.29, 1.82) is 0 Å². The Kier molecular flexibility index (Phi) is 7.01. The minimum Gasteiger partial charge on any atom is -0.492 e. The first-order valence-electron chi connectivity index (χ1n) is 11.0. The first-order valence-corrected chi connectivity index (χ1v) is 13.9. The van der Waals surface area contributed by atoms with Gasteiger partial charge in [0.2, 0.25) is 10.0 Å². The Balaban J connectivity index is 1.65. The van der Waals surface area contributed by atoms with Crippen LogP contribution in [0.1, 0.15) is 32.6 Å². The van der Waals surface area contributed by atoms with Crippen molar-refractivity contribution in [3.05, 3.63) is 36.4 Å². The van der Waals surface area contributed by atoms with E-state index in [2.05, 4.69) is 4.72 Å². The van der Waals surface area contributed by atoms with Crippen molar-refractivity contribution in [3.63, 3.8) is 0 Å². The molecule has 180 valence electrons. The molecule has 0 unspecified atom stereocenters. The van der Waals surface area contributed by atoms with Gasteiger partial charge in [0.1, 0.15) is 10.6 Å². The van der Waals surface area contributed by atoms with Crippen LogP contribution in [-0.4, -0.2) is 54.1 Å². The van der Waals surface area contributed by atoms with Crippen molar-refractivity contribution in [2.75, 3.05) is 37.6 Å². The fraction of sp³-hybridized carbons (Fsp3) is 0.455. The smallest absolute Gasteiger partial charge is 0.262 e. The first-order chi connectivity index (χ1) is 15.8. The number of nitrogens with one attached hydrogen (secondary N) is 1. The van der Waals surface area contributed by atoms with E-state index >= 15 is 0 Å². The quantitative estimate of drug-likeness (QED) is 0.626. The summed E-state index contributed by atoms with van der Waals surface area (Å²) in [5, 5.41) is 0. The minimum atomic E-state index is -4.01. The van der Waals surface area contributed by atoms with E-state index in [9.17, 15) is 16.8 Å². The van der Waals surface area contributed by atoms with Gasteiger partial charge in [-0.2, -0.15) is 4.31 Å². The number of ether oxygens (including phenoxy) is 3. The van der Waals surface area contributed by atoms with Gasteiger partial charge in [-0.1, -0.05) is 6.42 Å². The van der Waals surface area contributed by atoms with Crippen LogP contribution in [0.3, 0.4) is 0 Å². The predicted octanol–water partition coefficient (Wildman–Crippen LogP) is 3.22. The number of rotatable bonds is 7. The maximum absolute atomic E-state index is 13.3. The fourth-order valence-electron chi connectivity index (χ4n) is 3.82. The third-order valence-electron chi connectivity index (χ3n) is 5.46. The maximum Gasteiger partial charge on any atom is 0.262 e. The molecule has 1 N–H and O–H groups in total.